The fourth-order valence-electron chi connectivity index (χ4n) is 2.14. The lowest BCUT2D eigenvalue weighted by molar-refractivity contribution is 0.0486. The van der Waals surface area contributed by atoms with Crippen molar-refractivity contribution in [2.45, 2.75) is 13.5 Å². The number of aromatic nitrogens is 3. The van der Waals surface area contributed by atoms with E-state index in [4.69, 9.17) is 4.74 Å². The first-order valence-electron chi connectivity index (χ1n) is 7.04. The first kappa shape index (κ1) is 15.7. The summed E-state index contributed by atoms with van der Waals surface area (Å²) in [6.07, 6.45) is 1.65. The summed E-state index contributed by atoms with van der Waals surface area (Å²) in [6.45, 7) is 2.29. The zero-order chi connectivity index (χ0) is 16.4. The van der Waals surface area contributed by atoms with Gasteiger partial charge in [-0.05, 0) is 59.3 Å². The molecule has 6 nitrogen and oxygen atoms in total. The second kappa shape index (κ2) is 6.53. The fourth-order valence-corrected chi connectivity index (χ4v) is 2.66. The van der Waals surface area contributed by atoms with E-state index in [2.05, 4.69) is 27.7 Å². The summed E-state index contributed by atoms with van der Waals surface area (Å²) in [5.41, 5.74) is 1.93. The number of pyridine rings is 1. The number of fused-ring (bicyclic) bond motifs is 1. The lowest BCUT2D eigenvalue weighted by atomic mass is 10.1. The summed E-state index contributed by atoms with van der Waals surface area (Å²) in [6, 6.07) is 10.7. The molecule has 118 valence electrons. The highest BCUT2D eigenvalue weighted by Crippen LogP contribution is 2.14. The van der Waals surface area contributed by atoms with Crippen LogP contribution in [0.2, 0.25) is 0 Å². The van der Waals surface area contributed by atoms with E-state index in [0.717, 1.165) is 9.13 Å². The third-order valence-electron chi connectivity index (χ3n) is 3.43. The van der Waals surface area contributed by atoms with Crippen molar-refractivity contribution in [1.82, 2.24) is 14.2 Å². The summed E-state index contributed by atoms with van der Waals surface area (Å²) in [7, 11) is 0. The maximum Gasteiger partial charge on any atom is 0.350 e. The molecule has 3 aromatic rings. The monoisotopic (exact) mass is 423 g/mol. The Morgan fingerprint density at radius 2 is 2.13 bits per heavy atom. The Balaban J connectivity index is 1.66. The van der Waals surface area contributed by atoms with Crippen molar-refractivity contribution in [3.05, 3.63) is 67.8 Å². The van der Waals surface area contributed by atoms with E-state index in [9.17, 15) is 9.59 Å². The van der Waals surface area contributed by atoms with Crippen molar-refractivity contribution in [3.63, 3.8) is 0 Å². The predicted octanol–water partition coefficient (Wildman–Crippen LogP) is 2.27. The van der Waals surface area contributed by atoms with Gasteiger partial charge in [-0.2, -0.15) is 0 Å². The van der Waals surface area contributed by atoms with Crippen LogP contribution < -0.4 is 5.69 Å². The summed E-state index contributed by atoms with van der Waals surface area (Å²) >= 11 is 2.18. The molecule has 0 fully saturated rings. The number of halogens is 1. The highest BCUT2D eigenvalue weighted by molar-refractivity contribution is 14.1. The van der Waals surface area contributed by atoms with Crippen molar-refractivity contribution >= 4 is 34.2 Å². The SMILES string of the molecule is Cc1ccc(C(=O)OCCn2nc3ccccn3c2=O)cc1I. The van der Waals surface area contributed by atoms with Crippen LogP contribution in [0.4, 0.5) is 0 Å². The molecule has 0 aliphatic heterocycles. The van der Waals surface area contributed by atoms with E-state index in [1.165, 1.54) is 9.08 Å². The van der Waals surface area contributed by atoms with Crippen LogP contribution in [0.3, 0.4) is 0 Å². The Hall–Kier alpha value is -2.16. The molecule has 0 aliphatic carbocycles. The summed E-state index contributed by atoms with van der Waals surface area (Å²) in [5.74, 6) is -0.403. The first-order chi connectivity index (χ1) is 11.1. The lowest BCUT2D eigenvalue weighted by Gasteiger charge is -2.06. The number of carbonyl (C=O) groups is 1. The van der Waals surface area contributed by atoms with Crippen molar-refractivity contribution in [2.24, 2.45) is 0 Å². The summed E-state index contributed by atoms with van der Waals surface area (Å²) in [4.78, 5) is 24.1. The number of rotatable bonds is 4. The van der Waals surface area contributed by atoms with Crippen molar-refractivity contribution in [2.75, 3.05) is 6.61 Å². The zero-order valence-electron chi connectivity index (χ0n) is 12.4. The first-order valence-corrected chi connectivity index (χ1v) is 8.11. The smallest absolute Gasteiger partial charge is 0.350 e. The van der Waals surface area contributed by atoms with Crippen LogP contribution >= 0.6 is 22.6 Å². The van der Waals surface area contributed by atoms with Gasteiger partial charge in [0.1, 0.15) is 6.61 Å². The fraction of sp³-hybridized carbons (Fsp3) is 0.188. The highest BCUT2D eigenvalue weighted by Gasteiger charge is 2.10. The van der Waals surface area contributed by atoms with Crippen LogP contribution in [0.25, 0.3) is 5.65 Å². The largest absolute Gasteiger partial charge is 0.460 e. The van der Waals surface area contributed by atoms with Gasteiger partial charge in [0.05, 0.1) is 12.1 Å². The van der Waals surface area contributed by atoms with Crippen LogP contribution in [0, 0.1) is 10.5 Å². The van der Waals surface area contributed by atoms with E-state index in [1.54, 1.807) is 30.5 Å². The maximum absolute atomic E-state index is 12.1. The Bertz CT molecular complexity index is 930. The molecule has 2 aromatic heterocycles. The molecule has 7 heteroatoms. The van der Waals surface area contributed by atoms with Gasteiger partial charge in [-0.1, -0.05) is 12.1 Å². The number of hydrogen-bond donors (Lipinski definition) is 0. The van der Waals surface area contributed by atoms with Gasteiger partial charge < -0.3 is 4.74 Å². The number of carbonyl (C=O) groups excluding carboxylic acids is 1. The van der Waals surface area contributed by atoms with Crippen molar-refractivity contribution in [1.29, 1.82) is 0 Å². The molecule has 0 unspecified atom stereocenters. The number of ether oxygens (including phenoxy) is 1. The molecule has 0 saturated heterocycles. The molecule has 23 heavy (non-hydrogen) atoms. The van der Waals surface area contributed by atoms with Crippen molar-refractivity contribution < 1.29 is 9.53 Å². The van der Waals surface area contributed by atoms with Gasteiger partial charge in [0.25, 0.3) is 0 Å². The average molecular weight is 423 g/mol. The molecule has 0 bridgehead atoms. The summed E-state index contributed by atoms with van der Waals surface area (Å²) in [5, 5.41) is 4.18. The summed E-state index contributed by atoms with van der Waals surface area (Å²) < 4.78 is 8.98. The number of aryl methyl sites for hydroxylation is 1. The van der Waals surface area contributed by atoms with E-state index in [1.807, 2.05) is 19.1 Å². The minimum absolute atomic E-state index is 0.0904. The standard InChI is InChI=1S/C16H14IN3O3/c1-11-5-6-12(10-13(11)17)15(21)23-9-8-20-16(22)19-7-3-2-4-14(19)18-20/h2-7,10H,8-9H2,1H3. The van der Waals surface area contributed by atoms with E-state index >= 15 is 0 Å². The van der Waals surface area contributed by atoms with Crippen LogP contribution in [0.15, 0.2) is 47.4 Å². The molecule has 3 rings (SSSR count). The van der Waals surface area contributed by atoms with Gasteiger partial charge in [0.15, 0.2) is 5.65 Å². The predicted molar refractivity (Wildman–Crippen MR) is 93.6 cm³/mol. The second-order valence-electron chi connectivity index (χ2n) is 5.03. The van der Waals surface area contributed by atoms with Gasteiger partial charge >= 0.3 is 11.7 Å². The number of nitrogens with zero attached hydrogens (tertiary/aromatic N) is 3. The topological polar surface area (TPSA) is 65.6 Å². The van der Waals surface area contributed by atoms with Crippen LogP contribution in [0.1, 0.15) is 15.9 Å². The van der Waals surface area contributed by atoms with Crippen molar-refractivity contribution in [3.8, 4) is 0 Å². The molecule has 2 heterocycles. The zero-order valence-corrected chi connectivity index (χ0v) is 14.6. The molecule has 0 radical (unpaired) electrons. The minimum Gasteiger partial charge on any atom is -0.460 e. The number of esters is 1. The molecule has 0 saturated carbocycles. The molecule has 0 aliphatic rings. The Morgan fingerprint density at radius 3 is 2.87 bits per heavy atom. The number of hydrogen-bond acceptors (Lipinski definition) is 4. The third-order valence-corrected chi connectivity index (χ3v) is 4.59. The molecule has 0 N–H and O–H groups in total. The molecule has 1 aromatic carbocycles. The van der Waals surface area contributed by atoms with Gasteiger partial charge in [-0.15, -0.1) is 5.10 Å². The van der Waals surface area contributed by atoms with E-state index < -0.39 is 5.97 Å². The van der Waals surface area contributed by atoms with E-state index in [0.29, 0.717) is 11.2 Å². The second-order valence-corrected chi connectivity index (χ2v) is 6.20. The molecular weight excluding hydrogens is 409 g/mol. The Kier molecular flexibility index (Phi) is 4.46. The van der Waals surface area contributed by atoms with Gasteiger partial charge in [-0.25, -0.2) is 14.3 Å². The van der Waals surface area contributed by atoms with Crippen LogP contribution in [0.5, 0.6) is 0 Å². The minimum atomic E-state index is -0.403. The van der Waals surface area contributed by atoms with Gasteiger partial charge in [-0.3, -0.25) is 4.40 Å². The lowest BCUT2D eigenvalue weighted by Crippen LogP contribution is -2.24. The molecule has 0 spiro atoms. The quantitative estimate of drug-likeness (QED) is 0.477. The number of benzene rings is 1. The Labute approximate surface area is 145 Å². The maximum atomic E-state index is 12.1. The normalized spacial score (nSPS) is 10.9. The molecule has 0 amide bonds. The van der Waals surface area contributed by atoms with Gasteiger partial charge in [0, 0.05) is 9.77 Å². The molecular formula is C16H14IN3O3. The highest BCUT2D eigenvalue weighted by atomic mass is 127. The van der Waals surface area contributed by atoms with Crippen LogP contribution in [-0.4, -0.2) is 26.8 Å². The third kappa shape index (κ3) is 3.29. The molecule has 0 atom stereocenters. The van der Waals surface area contributed by atoms with Crippen LogP contribution in [-0.2, 0) is 11.3 Å². The average Bonchev–Trinajstić information content (AvgIpc) is 2.87. The Morgan fingerprint density at radius 1 is 1.30 bits per heavy atom. The van der Waals surface area contributed by atoms with Gasteiger partial charge in [0.2, 0.25) is 0 Å². The van der Waals surface area contributed by atoms with E-state index in [-0.39, 0.29) is 18.8 Å².